The minimum Gasteiger partial charge on any atom is -0.478 e. The second-order valence-corrected chi connectivity index (χ2v) is 4.15. The van der Waals surface area contributed by atoms with E-state index in [4.69, 9.17) is 10.2 Å². The largest absolute Gasteiger partial charge is 0.478 e. The van der Waals surface area contributed by atoms with E-state index in [1.54, 1.807) is 24.3 Å². The second kappa shape index (κ2) is 5.79. The Morgan fingerprint density at radius 1 is 1.35 bits per heavy atom. The Bertz CT molecular complexity index is 634. The molecule has 7 heteroatoms. The summed E-state index contributed by atoms with van der Waals surface area (Å²) < 4.78 is 24.6. The number of pyridine rings is 1. The molecule has 5 nitrogen and oxygen atoms in total. The fourth-order valence-electron chi connectivity index (χ4n) is 1.79. The number of nitrogens with zero attached hydrogens (tertiary/aromatic N) is 1. The number of aliphatic hydroxyl groups excluding tert-OH is 1. The number of hydrogen-bond acceptors (Lipinski definition) is 4. The average molecular weight is 282 g/mol. The van der Waals surface area contributed by atoms with Crippen LogP contribution in [0.25, 0.3) is 10.9 Å². The van der Waals surface area contributed by atoms with Gasteiger partial charge < -0.3 is 15.5 Å². The lowest BCUT2D eigenvalue weighted by molar-refractivity contribution is 0.00385. The predicted octanol–water partition coefficient (Wildman–Crippen LogP) is 1.97. The van der Waals surface area contributed by atoms with E-state index < -0.39 is 25.0 Å². The number of halogens is 2. The number of fused-ring (bicyclic) bond motifs is 1. The van der Waals surface area contributed by atoms with Crippen LogP contribution >= 0.6 is 0 Å². The quantitative estimate of drug-likeness (QED) is 0.781. The van der Waals surface area contributed by atoms with Crippen LogP contribution in [-0.2, 0) is 0 Å². The molecule has 1 aromatic heterocycles. The highest BCUT2D eigenvalue weighted by Gasteiger charge is 2.19. The smallest absolute Gasteiger partial charge is 0.339 e. The van der Waals surface area contributed by atoms with Crippen molar-refractivity contribution in [3.8, 4) is 0 Å². The molecule has 0 aliphatic heterocycles. The lowest BCUT2D eigenvalue weighted by atomic mass is 10.1. The molecular weight excluding hydrogens is 270 g/mol. The van der Waals surface area contributed by atoms with Crippen molar-refractivity contribution in [1.82, 2.24) is 4.98 Å². The van der Waals surface area contributed by atoms with Gasteiger partial charge in [0, 0.05) is 18.1 Å². The summed E-state index contributed by atoms with van der Waals surface area (Å²) >= 11 is 0. The number of para-hydroxylation sites is 1. The molecule has 0 saturated carbocycles. The third-order valence-corrected chi connectivity index (χ3v) is 2.78. The van der Waals surface area contributed by atoms with Crippen LogP contribution in [0.4, 0.5) is 14.5 Å². The van der Waals surface area contributed by atoms with Gasteiger partial charge in [-0.1, -0.05) is 18.2 Å². The highest BCUT2D eigenvalue weighted by atomic mass is 19.3. The summed E-state index contributed by atoms with van der Waals surface area (Å²) in [6.45, 7) is -0.452. The third-order valence-electron chi connectivity index (χ3n) is 2.78. The molecule has 106 valence electrons. The van der Waals surface area contributed by atoms with Gasteiger partial charge in [0.25, 0.3) is 6.43 Å². The van der Waals surface area contributed by atoms with Crippen molar-refractivity contribution in [1.29, 1.82) is 0 Å². The van der Waals surface area contributed by atoms with Crippen LogP contribution in [0.5, 0.6) is 0 Å². The summed E-state index contributed by atoms with van der Waals surface area (Å²) in [6, 6.07) is 6.72. The first-order chi connectivity index (χ1) is 9.50. The Labute approximate surface area is 112 Å². The van der Waals surface area contributed by atoms with E-state index in [2.05, 4.69) is 10.3 Å². The fraction of sp³-hybridized carbons (Fsp3) is 0.231. The highest BCUT2D eigenvalue weighted by Crippen LogP contribution is 2.26. The Morgan fingerprint density at radius 3 is 2.70 bits per heavy atom. The summed E-state index contributed by atoms with van der Waals surface area (Å²) in [6.07, 6.45) is -3.62. The molecule has 0 bridgehead atoms. The summed E-state index contributed by atoms with van der Waals surface area (Å²) in [5.41, 5.74) is 0.569. The van der Waals surface area contributed by atoms with Gasteiger partial charge in [0.05, 0.1) is 11.2 Å². The number of anilines is 1. The predicted molar refractivity (Wildman–Crippen MR) is 69.2 cm³/mol. The lowest BCUT2D eigenvalue weighted by Crippen LogP contribution is -2.27. The van der Waals surface area contributed by atoms with Crippen molar-refractivity contribution >= 4 is 22.6 Å². The first kappa shape index (κ1) is 14.1. The van der Waals surface area contributed by atoms with E-state index >= 15 is 0 Å². The van der Waals surface area contributed by atoms with Crippen LogP contribution in [0.3, 0.4) is 0 Å². The van der Waals surface area contributed by atoms with Gasteiger partial charge in [-0.25, -0.2) is 13.6 Å². The number of alkyl halides is 2. The number of nitrogens with one attached hydrogen (secondary N) is 1. The van der Waals surface area contributed by atoms with Crippen molar-refractivity contribution in [3.63, 3.8) is 0 Å². The standard InChI is InChI=1S/C13H12F2N2O3/c14-12(15)10(18)6-17-11-7-3-1-2-4-9(7)16-5-8(11)13(19)20/h1-5,10,12,18H,6H2,(H,16,17)(H,19,20). The average Bonchev–Trinajstić information content (AvgIpc) is 2.43. The molecule has 1 aromatic carbocycles. The van der Waals surface area contributed by atoms with Gasteiger partial charge in [0.2, 0.25) is 0 Å². The monoisotopic (exact) mass is 282 g/mol. The van der Waals surface area contributed by atoms with Gasteiger partial charge in [-0.2, -0.15) is 0 Å². The molecule has 0 amide bonds. The normalized spacial score (nSPS) is 12.6. The summed E-state index contributed by atoms with van der Waals surface area (Å²) in [7, 11) is 0. The van der Waals surface area contributed by atoms with Crippen LogP contribution < -0.4 is 5.32 Å². The van der Waals surface area contributed by atoms with E-state index in [-0.39, 0.29) is 11.3 Å². The molecule has 0 fully saturated rings. The van der Waals surface area contributed by atoms with Crippen LogP contribution in [-0.4, -0.2) is 40.2 Å². The SMILES string of the molecule is O=C(O)c1cnc2ccccc2c1NCC(O)C(F)F. The Balaban J connectivity index is 2.42. The van der Waals surface area contributed by atoms with Gasteiger partial charge in [0.1, 0.15) is 11.7 Å². The zero-order valence-corrected chi connectivity index (χ0v) is 10.3. The molecule has 0 radical (unpaired) electrons. The van der Waals surface area contributed by atoms with Crippen LogP contribution in [0.1, 0.15) is 10.4 Å². The van der Waals surface area contributed by atoms with E-state index in [0.717, 1.165) is 6.20 Å². The van der Waals surface area contributed by atoms with Crippen LogP contribution in [0, 0.1) is 0 Å². The summed E-state index contributed by atoms with van der Waals surface area (Å²) in [5.74, 6) is -1.22. The number of rotatable bonds is 5. The molecule has 1 unspecified atom stereocenters. The maximum Gasteiger partial charge on any atom is 0.339 e. The second-order valence-electron chi connectivity index (χ2n) is 4.15. The van der Waals surface area contributed by atoms with Crippen molar-refractivity contribution < 1.29 is 23.8 Å². The topological polar surface area (TPSA) is 82.5 Å². The molecule has 1 heterocycles. The van der Waals surface area contributed by atoms with E-state index in [1.807, 2.05) is 0 Å². The van der Waals surface area contributed by atoms with Gasteiger partial charge in [-0.15, -0.1) is 0 Å². The molecule has 2 aromatic rings. The Kier molecular flexibility index (Phi) is 4.09. The van der Waals surface area contributed by atoms with E-state index in [9.17, 15) is 13.6 Å². The number of aromatic nitrogens is 1. The number of carbonyl (C=O) groups is 1. The van der Waals surface area contributed by atoms with Crippen LogP contribution in [0.2, 0.25) is 0 Å². The molecule has 20 heavy (non-hydrogen) atoms. The molecule has 2 rings (SSSR count). The van der Waals surface area contributed by atoms with E-state index in [0.29, 0.717) is 10.9 Å². The van der Waals surface area contributed by atoms with Crippen molar-refractivity contribution in [3.05, 3.63) is 36.0 Å². The maximum atomic E-state index is 12.3. The fourth-order valence-corrected chi connectivity index (χ4v) is 1.79. The third kappa shape index (κ3) is 2.83. The van der Waals surface area contributed by atoms with Gasteiger partial charge >= 0.3 is 5.97 Å². The highest BCUT2D eigenvalue weighted by molar-refractivity contribution is 6.04. The van der Waals surface area contributed by atoms with Crippen molar-refractivity contribution in [2.45, 2.75) is 12.5 Å². The molecule has 0 spiro atoms. The number of carboxylic acids is 1. The molecule has 0 aliphatic carbocycles. The van der Waals surface area contributed by atoms with Gasteiger partial charge in [-0.3, -0.25) is 4.98 Å². The van der Waals surface area contributed by atoms with Crippen molar-refractivity contribution in [2.75, 3.05) is 11.9 Å². The summed E-state index contributed by atoms with van der Waals surface area (Å²) in [5, 5.41) is 21.3. The number of carboxylic acid groups (broad SMARTS) is 1. The van der Waals surface area contributed by atoms with Crippen LogP contribution in [0.15, 0.2) is 30.5 Å². The minimum atomic E-state index is -2.90. The summed E-state index contributed by atoms with van der Waals surface area (Å²) in [4.78, 5) is 15.1. The van der Waals surface area contributed by atoms with Gasteiger partial charge in [-0.05, 0) is 6.07 Å². The first-order valence-electron chi connectivity index (χ1n) is 5.82. The molecule has 0 saturated heterocycles. The van der Waals surface area contributed by atoms with Gasteiger partial charge in [0.15, 0.2) is 0 Å². The number of aromatic carboxylic acids is 1. The molecule has 1 atom stereocenters. The lowest BCUT2D eigenvalue weighted by Gasteiger charge is -2.15. The first-order valence-corrected chi connectivity index (χ1v) is 5.82. The Morgan fingerprint density at radius 2 is 2.05 bits per heavy atom. The van der Waals surface area contributed by atoms with E-state index in [1.165, 1.54) is 0 Å². The Hall–Kier alpha value is -2.28. The molecule has 3 N–H and O–H groups in total. The number of aliphatic hydroxyl groups is 1. The number of hydrogen-bond donors (Lipinski definition) is 3. The zero-order valence-electron chi connectivity index (χ0n) is 10.3. The molecule has 0 aliphatic rings. The van der Waals surface area contributed by atoms with Crippen molar-refractivity contribution in [2.24, 2.45) is 0 Å². The number of benzene rings is 1. The maximum absolute atomic E-state index is 12.3. The zero-order chi connectivity index (χ0) is 14.7. The minimum absolute atomic E-state index is 0.134. The molecular formula is C13H12F2N2O3.